The molecule has 0 aliphatic heterocycles. The van der Waals surface area contributed by atoms with Crippen molar-refractivity contribution in [1.29, 1.82) is 0 Å². The van der Waals surface area contributed by atoms with Crippen LogP contribution in [0.3, 0.4) is 0 Å². The number of likely N-dealkylation sites (N-methyl/N-ethyl adjacent to an activating group) is 1. The molecule has 0 bridgehead atoms. The molecule has 2 rings (SSSR count). The lowest BCUT2D eigenvalue weighted by atomic mass is 9.76. The molecule has 1 fully saturated rings. The van der Waals surface area contributed by atoms with Crippen molar-refractivity contribution in [3.63, 3.8) is 0 Å². The largest absolute Gasteiger partial charge is 0.497 e. The van der Waals surface area contributed by atoms with Gasteiger partial charge >= 0.3 is 0 Å². The first-order valence-corrected chi connectivity index (χ1v) is 7.40. The molecule has 1 aromatic rings. The van der Waals surface area contributed by atoms with E-state index in [2.05, 4.69) is 6.07 Å². The van der Waals surface area contributed by atoms with Gasteiger partial charge < -0.3 is 9.64 Å². The van der Waals surface area contributed by atoms with Crippen molar-refractivity contribution in [2.75, 3.05) is 21.2 Å². The quantitative estimate of drug-likeness (QED) is 0.843. The number of ether oxygens (including phenoxy) is 1. The predicted octanol–water partition coefficient (Wildman–Crippen LogP) is 3.25. The Hall–Kier alpha value is -1.51. The first-order valence-electron chi connectivity index (χ1n) is 7.40. The molecule has 1 atom stereocenters. The number of hydrogen-bond donors (Lipinski definition) is 0. The highest BCUT2D eigenvalue weighted by molar-refractivity contribution is 5.83. The summed E-state index contributed by atoms with van der Waals surface area (Å²) in [5.41, 5.74) is 0.997. The first kappa shape index (κ1) is 14.9. The first-order chi connectivity index (χ1) is 9.63. The van der Waals surface area contributed by atoms with Crippen LogP contribution in [0.2, 0.25) is 0 Å². The third-order valence-electron chi connectivity index (χ3n) is 4.21. The topological polar surface area (TPSA) is 29.5 Å². The molecular formula is C17H24NO2. The van der Waals surface area contributed by atoms with Gasteiger partial charge in [0, 0.05) is 14.1 Å². The zero-order valence-corrected chi connectivity index (χ0v) is 12.7. The number of methoxy groups -OCH3 is 1. The lowest BCUT2D eigenvalue weighted by molar-refractivity contribution is -0.131. The Morgan fingerprint density at radius 3 is 2.50 bits per heavy atom. The van der Waals surface area contributed by atoms with Gasteiger partial charge in [-0.15, -0.1) is 0 Å². The van der Waals surface area contributed by atoms with E-state index in [1.807, 2.05) is 32.3 Å². The standard InChI is InChI=1S/C17H24NO2/c1-18(2)17(19)16(13-7-5-4-6-8-13)14-9-11-15(20-3)12-10-14/h9,11-13,16H,4-8H2,1-3H3. The van der Waals surface area contributed by atoms with Crippen molar-refractivity contribution in [3.8, 4) is 5.75 Å². The fourth-order valence-corrected chi connectivity index (χ4v) is 3.08. The minimum absolute atomic E-state index is 0.0591. The van der Waals surface area contributed by atoms with Crippen LogP contribution in [0.4, 0.5) is 0 Å². The van der Waals surface area contributed by atoms with Crippen molar-refractivity contribution in [3.05, 3.63) is 29.8 Å². The maximum atomic E-state index is 12.6. The monoisotopic (exact) mass is 274 g/mol. The van der Waals surface area contributed by atoms with E-state index in [0.29, 0.717) is 5.92 Å². The minimum atomic E-state index is -0.0591. The van der Waals surface area contributed by atoms with E-state index in [1.165, 1.54) is 19.3 Å². The van der Waals surface area contributed by atoms with E-state index >= 15 is 0 Å². The molecule has 3 nitrogen and oxygen atoms in total. The van der Waals surface area contributed by atoms with Crippen molar-refractivity contribution in [1.82, 2.24) is 4.90 Å². The molecule has 1 aliphatic carbocycles. The smallest absolute Gasteiger partial charge is 0.229 e. The fraction of sp³-hybridized carbons (Fsp3) is 0.588. The summed E-state index contributed by atoms with van der Waals surface area (Å²) >= 11 is 0. The number of rotatable bonds is 4. The molecular weight excluding hydrogens is 250 g/mol. The van der Waals surface area contributed by atoms with Gasteiger partial charge in [-0.25, -0.2) is 0 Å². The van der Waals surface area contributed by atoms with Crippen LogP contribution < -0.4 is 4.74 Å². The molecule has 1 radical (unpaired) electrons. The molecule has 20 heavy (non-hydrogen) atoms. The van der Waals surface area contributed by atoms with E-state index in [-0.39, 0.29) is 11.8 Å². The average molecular weight is 274 g/mol. The Morgan fingerprint density at radius 1 is 1.30 bits per heavy atom. The highest BCUT2D eigenvalue weighted by atomic mass is 16.5. The number of carbonyl (C=O) groups excluding carboxylic acids is 1. The van der Waals surface area contributed by atoms with E-state index in [0.717, 1.165) is 24.2 Å². The normalized spacial score (nSPS) is 17.6. The van der Waals surface area contributed by atoms with E-state index in [9.17, 15) is 4.79 Å². The van der Waals surface area contributed by atoms with Crippen LogP contribution >= 0.6 is 0 Å². The van der Waals surface area contributed by atoms with Gasteiger partial charge in [0.1, 0.15) is 5.75 Å². The van der Waals surface area contributed by atoms with Gasteiger partial charge in [-0.1, -0.05) is 25.3 Å². The molecule has 0 N–H and O–H groups in total. The second-order valence-corrected chi connectivity index (χ2v) is 5.79. The Balaban J connectivity index is 2.26. The number of hydrogen-bond acceptors (Lipinski definition) is 2. The molecule has 0 spiro atoms. The second-order valence-electron chi connectivity index (χ2n) is 5.79. The van der Waals surface area contributed by atoms with Gasteiger partial charge in [0.25, 0.3) is 0 Å². The van der Waals surface area contributed by atoms with Crippen LogP contribution in [0.25, 0.3) is 0 Å². The molecule has 1 saturated carbocycles. The van der Waals surface area contributed by atoms with Crippen LogP contribution in [-0.2, 0) is 4.79 Å². The molecule has 0 aromatic heterocycles. The highest BCUT2D eigenvalue weighted by Crippen LogP contribution is 2.37. The zero-order chi connectivity index (χ0) is 14.5. The van der Waals surface area contributed by atoms with Gasteiger partial charge in [0.2, 0.25) is 5.91 Å². The predicted molar refractivity (Wildman–Crippen MR) is 79.8 cm³/mol. The van der Waals surface area contributed by atoms with E-state index < -0.39 is 0 Å². The van der Waals surface area contributed by atoms with Crippen molar-refractivity contribution >= 4 is 5.91 Å². The average Bonchev–Trinajstić information content (AvgIpc) is 2.49. The number of benzene rings is 1. The minimum Gasteiger partial charge on any atom is -0.497 e. The summed E-state index contributed by atoms with van der Waals surface area (Å²) in [6.45, 7) is 0. The molecule has 1 aliphatic rings. The molecule has 3 heteroatoms. The second kappa shape index (κ2) is 6.78. The lowest BCUT2D eigenvalue weighted by Gasteiger charge is -2.31. The Labute approximate surface area is 121 Å². The highest BCUT2D eigenvalue weighted by Gasteiger charge is 2.32. The summed E-state index contributed by atoms with van der Waals surface area (Å²) in [7, 11) is 5.32. The molecule has 1 aromatic carbocycles. The summed E-state index contributed by atoms with van der Waals surface area (Å²) in [6.07, 6.45) is 6.05. The summed E-state index contributed by atoms with van der Waals surface area (Å²) in [6, 6.07) is 8.98. The molecule has 109 valence electrons. The maximum Gasteiger partial charge on any atom is 0.229 e. The third-order valence-corrected chi connectivity index (χ3v) is 4.21. The van der Waals surface area contributed by atoms with Crippen molar-refractivity contribution < 1.29 is 9.53 Å². The van der Waals surface area contributed by atoms with Gasteiger partial charge in [0.05, 0.1) is 13.0 Å². The molecule has 0 heterocycles. The summed E-state index contributed by atoms with van der Waals surface area (Å²) in [4.78, 5) is 14.3. The van der Waals surface area contributed by atoms with Crippen LogP contribution in [0, 0.1) is 12.0 Å². The van der Waals surface area contributed by atoms with Gasteiger partial charge in [-0.05, 0) is 42.5 Å². The Morgan fingerprint density at radius 2 is 2.00 bits per heavy atom. The van der Waals surface area contributed by atoms with Crippen molar-refractivity contribution in [2.45, 2.75) is 38.0 Å². The maximum absolute atomic E-state index is 12.6. The van der Waals surface area contributed by atoms with Crippen molar-refractivity contribution in [2.24, 2.45) is 5.92 Å². The summed E-state index contributed by atoms with van der Waals surface area (Å²) < 4.78 is 5.18. The number of nitrogens with zero attached hydrogens (tertiary/aromatic N) is 1. The summed E-state index contributed by atoms with van der Waals surface area (Å²) in [5, 5.41) is 0. The number of carbonyl (C=O) groups is 1. The van der Waals surface area contributed by atoms with Crippen LogP contribution in [0.15, 0.2) is 18.2 Å². The van der Waals surface area contributed by atoms with Crippen LogP contribution in [0.5, 0.6) is 5.75 Å². The fourth-order valence-electron chi connectivity index (χ4n) is 3.08. The van der Waals surface area contributed by atoms with E-state index in [4.69, 9.17) is 4.74 Å². The van der Waals surface area contributed by atoms with Gasteiger partial charge in [-0.2, -0.15) is 0 Å². The van der Waals surface area contributed by atoms with Gasteiger partial charge in [-0.3, -0.25) is 4.79 Å². The lowest BCUT2D eigenvalue weighted by Crippen LogP contribution is -2.33. The Kier molecular flexibility index (Phi) is 5.05. The SMILES string of the molecule is COc1c[c]c(C(C(=O)N(C)C)C2CCCCC2)cc1. The molecule has 0 saturated heterocycles. The van der Waals surface area contributed by atoms with Crippen LogP contribution in [0.1, 0.15) is 43.6 Å². The number of amides is 1. The summed E-state index contributed by atoms with van der Waals surface area (Å²) in [5.74, 6) is 1.37. The van der Waals surface area contributed by atoms with E-state index in [1.54, 1.807) is 12.0 Å². The van der Waals surface area contributed by atoms with Crippen LogP contribution in [-0.4, -0.2) is 32.0 Å². The molecule has 1 unspecified atom stereocenters. The van der Waals surface area contributed by atoms with Gasteiger partial charge in [0.15, 0.2) is 0 Å². The zero-order valence-electron chi connectivity index (χ0n) is 12.7. The Bertz CT molecular complexity index is 433. The molecule has 1 amide bonds. The third kappa shape index (κ3) is 3.33.